The molecule has 1 aliphatic rings. The molecular weight excluding hydrogens is 289 g/mol. The molecular formula is C15H22NO4P. The first-order valence-corrected chi connectivity index (χ1v) is 8.71. The highest BCUT2D eigenvalue weighted by atomic mass is 31.2. The third-order valence-electron chi connectivity index (χ3n) is 3.22. The molecule has 1 aromatic carbocycles. The van der Waals surface area contributed by atoms with Gasteiger partial charge < -0.3 is 19.1 Å². The molecule has 0 radical (unpaired) electrons. The quantitative estimate of drug-likeness (QED) is 0.799. The van der Waals surface area contributed by atoms with Crippen LogP contribution in [0.2, 0.25) is 0 Å². The van der Waals surface area contributed by atoms with Crippen LogP contribution in [-0.2, 0) is 20.0 Å². The summed E-state index contributed by atoms with van der Waals surface area (Å²) in [4.78, 5) is 0. The number of nitrogens with one attached hydrogen (secondary N) is 1. The molecule has 2 rings (SSSR count). The second-order valence-electron chi connectivity index (χ2n) is 4.61. The van der Waals surface area contributed by atoms with Gasteiger partial charge in [-0.3, -0.25) is 4.57 Å². The van der Waals surface area contributed by atoms with Gasteiger partial charge in [0.15, 0.2) is 0 Å². The van der Waals surface area contributed by atoms with E-state index in [9.17, 15) is 4.57 Å². The van der Waals surface area contributed by atoms with Crippen LogP contribution in [0.4, 0.5) is 5.69 Å². The number of rotatable bonds is 6. The molecule has 6 heteroatoms. The topological polar surface area (TPSA) is 56.8 Å². The average Bonchev–Trinajstić information content (AvgIpc) is 2.69. The summed E-state index contributed by atoms with van der Waals surface area (Å²) in [5, 5.41) is 3.21. The number of hydrogen-bond donors (Lipinski definition) is 1. The first-order valence-electron chi connectivity index (χ1n) is 7.16. The molecule has 21 heavy (non-hydrogen) atoms. The molecule has 5 nitrogen and oxygen atoms in total. The predicted molar refractivity (Wildman–Crippen MR) is 83.9 cm³/mol. The van der Waals surface area contributed by atoms with Crippen molar-refractivity contribution in [3.8, 4) is 5.75 Å². The lowest BCUT2D eigenvalue weighted by Crippen LogP contribution is -2.06. The van der Waals surface area contributed by atoms with Crippen molar-refractivity contribution in [2.45, 2.75) is 26.7 Å². The van der Waals surface area contributed by atoms with E-state index in [1.165, 1.54) is 0 Å². The number of fused-ring (bicyclic) bond motifs is 1. The van der Waals surface area contributed by atoms with Gasteiger partial charge in [-0.2, -0.15) is 0 Å². The van der Waals surface area contributed by atoms with Crippen LogP contribution in [0.25, 0.3) is 0 Å². The first-order chi connectivity index (χ1) is 10.1. The van der Waals surface area contributed by atoms with Crippen LogP contribution in [0.15, 0.2) is 29.7 Å². The van der Waals surface area contributed by atoms with Crippen molar-refractivity contribution < 1.29 is 18.3 Å². The highest BCUT2D eigenvalue weighted by Gasteiger charge is 2.31. The Kier molecular flexibility index (Phi) is 5.45. The molecule has 0 aliphatic carbocycles. The molecule has 0 saturated carbocycles. The molecule has 0 amide bonds. The largest absolute Gasteiger partial charge is 0.497 e. The summed E-state index contributed by atoms with van der Waals surface area (Å²) in [7, 11) is -1.63. The maximum absolute atomic E-state index is 12.9. The number of benzene rings is 1. The summed E-state index contributed by atoms with van der Waals surface area (Å²) in [6.45, 7) is 4.29. The molecule has 1 aromatic rings. The van der Waals surface area contributed by atoms with Gasteiger partial charge in [-0.25, -0.2) is 0 Å². The van der Waals surface area contributed by atoms with Crippen LogP contribution in [0.1, 0.15) is 25.8 Å². The smallest absolute Gasteiger partial charge is 0.377 e. The predicted octanol–water partition coefficient (Wildman–Crippen LogP) is 4.16. The summed E-state index contributed by atoms with van der Waals surface area (Å²) in [5.74, 6) is 0.816. The number of aryl methyl sites for hydroxylation is 1. The average molecular weight is 311 g/mol. The number of hydrogen-bond acceptors (Lipinski definition) is 5. The van der Waals surface area contributed by atoms with E-state index in [-0.39, 0.29) is 0 Å². The summed E-state index contributed by atoms with van der Waals surface area (Å²) < 4.78 is 28.9. The number of methoxy groups -OCH3 is 1. The van der Waals surface area contributed by atoms with Crippen LogP contribution in [0, 0.1) is 0 Å². The van der Waals surface area contributed by atoms with Crippen molar-refractivity contribution in [2.75, 3.05) is 25.6 Å². The summed E-state index contributed by atoms with van der Waals surface area (Å²) in [5.41, 5.74) is 2.56. The first kappa shape index (κ1) is 16.1. The van der Waals surface area contributed by atoms with E-state index >= 15 is 0 Å². The molecule has 1 N–H and O–H groups in total. The standard InChI is InChI=1S/C15H22NO4P/c1-4-19-21(17,20-5-2)15-8-6-7-12-11-13(18-3)9-10-14(12)16-15/h8-11,16H,4-7H2,1-3H3. The Morgan fingerprint density at radius 3 is 2.57 bits per heavy atom. The second kappa shape index (κ2) is 7.12. The number of allylic oxidation sites excluding steroid dienone is 1. The van der Waals surface area contributed by atoms with Gasteiger partial charge >= 0.3 is 7.60 Å². The Bertz CT molecular complexity index is 561. The number of ether oxygens (including phenoxy) is 1. The van der Waals surface area contributed by atoms with Crippen molar-refractivity contribution >= 4 is 13.3 Å². The summed E-state index contributed by atoms with van der Waals surface area (Å²) >= 11 is 0. The molecule has 0 spiro atoms. The van der Waals surface area contributed by atoms with Gasteiger partial charge in [-0.15, -0.1) is 0 Å². The normalized spacial score (nSPS) is 14.7. The monoisotopic (exact) mass is 311 g/mol. The molecule has 0 saturated heterocycles. The van der Waals surface area contributed by atoms with E-state index < -0.39 is 7.60 Å². The maximum atomic E-state index is 12.9. The lowest BCUT2D eigenvalue weighted by Gasteiger charge is -2.21. The van der Waals surface area contributed by atoms with E-state index in [0.29, 0.717) is 18.7 Å². The third-order valence-corrected chi connectivity index (χ3v) is 5.30. The van der Waals surface area contributed by atoms with Gasteiger partial charge in [-0.05, 0) is 50.5 Å². The highest BCUT2D eigenvalue weighted by Crippen LogP contribution is 2.56. The zero-order chi connectivity index (χ0) is 15.3. The van der Waals surface area contributed by atoms with E-state index in [1.54, 1.807) is 7.11 Å². The molecule has 1 aliphatic heterocycles. The summed E-state index contributed by atoms with van der Waals surface area (Å²) in [6, 6.07) is 5.79. The van der Waals surface area contributed by atoms with Gasteiger partial charge in [0.2, 0.25) is 0 Å². The third kappa shape index (κ3) is 3.67. The molecule has 0 bridgehead atoms. The van der Waals surface area contributed by atoms with Gasteiger partial charge in [-0.1, -0.05) is 6.08 Å². The van der Waals surface area contributed by atoms with Crippen LogP contribution < -0.4 is 10.1 Å². The minimum Gasteiger partial charge on any atom is -0.497 e. The zero-order valence-corrected chi connectivity index (χ0v) is 13.6. The maximum Gasteiger partial charge on any atom is 0.377 e. The Hall–Kier alpha value is -1.29. The summed E-state index contributed by atoms with van der Waals surface area (Å²) in [6.07, 6.45) is 3.52. The lowest BCUT2D eigenvalue weighted by atomic mass is 10.1. The molecule has 0 aromatic heterocycles. The van der Waals surface area contributed by atoms with Crippen LogP contribution >= 0.6 is 7.60 Å². The second-order valence-corrected chi connectivity index (χ2v) is 6.60. The molecule has 0 unspecified atom stereocenters. The minimum atomic E-state index is -3.28. The van der Waals surface area contributed by atoms with Crippen molar-refractivity contribution in [2.24, 2.45) is 0 Å². The van der Waals surface area contributed by atoms with E-state index in [1.807, 2.05) is 38.1 Å². The minimum absolute atomic E-state index is 0.339. The van der Waals surface area contributed by atoms with E-state index in [2.05, 4.69) is 5.32 Å². The van der Waals surface area contributed by atoms with Gasteiger partial charge in [0.05, 0.1) is 20.3 Å². The Balaban J connectivity index is 2.30. The van der Waals surface area contributed by atoms with E-state index in [4.69, 9.17) is 13.8 Å². The highest BCUT2D eigenvalue weighted by molar-refractivity contribution is 7.58. The Morgan fingerprint density at radius 2 is 1.95 bits per heavy atom. The lowest BCUT2D eigenvalue weighted by molar-refractivity contribution is 0.226. The van der Waals surface area contributed by atoms with Crippen LogP contribution in [-0.4, -0.2) is 20.3 Å². The van der Waals surface area contributed by atoms with Crippen molar-refractivity contribution in [3.63, 3.8) is 0 Å². The fourth-order valence-corrected chi connectivity index (χ4v) is 3.92. The molecule has 0 atom stereocenters. The fourth-order valence-electron chi connectivity index (χ4n) is 2.28. The van der Waals surface area contributed by atoms with Crippen molar-refractivity contribution in [3.05, 3.63) is 35.3 Å². The van der Waals surface area contributed by atoms with Gasteiger partial charge in [0.1, 0.15) is 11.2 Å². The van der Waals surface area contributed by atoms with Crippen LogP contribution in [0.3, 0.4) is 0 Å². The molecule has 116 valence electrons. The fraction of sp³-hybridized carbons (Fsp3) is 0.467. The Labute approximate surface area is 125 Å². The molecule has 0 fully saturated rings. The van der Waals surface area contributed by atoms with E-state index in [0.717, 1.165) is 29.8 Å². The zero-order valence-electron chi connectivity index (χ0n) is 12.7. The number of anilines is 1. The Morgan fingerprint density at radius 1 is 1.24 bits per heavy atom. The SMILES string of the molecule is CCOP(=O)(OCC)C1=CCCc2cc(OC)ccc2N1. The molecule has 1 heterocycles. The van der Waals surface area contributed by atoms with Crippen molar-refractivity contribution in [1.82, 2.24) is 0 Å². The van der Waals surface area contributed by atoms with Gasteiger partial charge in [0, 0.05) is 5.69 Å². The van der Waals surface area contributed by atoms with Crippen molar-refractivity contribution in [1.29, 1.82) is 0 Å². The van der Waals surface area contributed by atoms with Crippen LogP contribution in [0.5, 0.6) is 5.75 Å². The van der Waals surface area contributed by atoms with Gasteiger partial charge in [0.25, 0.3) is 0 Å².